The minimum absolute atomic E-state index is 0. The lowest BCUT2D eigenvalue weighted by Crippen LogP contribution is -2.44. The molecule has 0 aliphatic heterocycles. The zero-order chi connectivity index (χ0) is 16.1. The topological polar surface area (TPSA) is 52.2 Å². The van der Waals surface area contributed by atoms with E-state index in [0.29, 0.717) is 12.0 Å². The van der Waals surface area contributed by atoms with Crippen LogP contribution in [0.15, 0.2) is 29.3 Å². The molecule has 0 aliphatic rings. The third kappa shape index (κ3) is 5.12. The number of benzene rings is 1. The SMILES string of the molecule is CN=C(NCCc1c(C)[nH]c2ccccc12)NC(C)C(C)C.I. The molecule has 0 spiro atoms. The van der Waals surface area contributed by atoms with Crippen LogP contribution in [0.4, 0.5) is 0 Å². The Kier molecular flexibility index (Phi) is 7.88. The maximum Gasteiger partial charge on any atom is 0.191 e. The van der Waals surface area contributed by atoms with Crippen LogP contribution in [0, 0.1) is 12.8 Å². The van der Waals surface area contributed by atoms with E-state index in [9.17, 15) is 0 Å². The summed E-state index contributed by atoms with van der Waals surface area (Å²) in [4.78, 5) is 7.75. The molecular formula is C18H29IN4. The molecule has 1 atom stereocenters. The van der Waals surface area contributed by atoms with Gasteiger partial charge in [0.25, 0.3) is 0 Å². The first-order valence-corrected chi connectivity index (χ1v) is 8.06. The standard InChI is InChI=1S/C18H28N4.HI/c1-12(2)13(3)22-18(19-5)20-11-10-15-14(4)21-17-9-7-6-8-16(15)17;/h6-9,12-13,21H,10-11H2,1-5H3,(H2,19,20,22);1H. The van der Waals surface area contributed by atoms with Gasteiger partial charge >= 0.3 is 0 Å². The molecule has 5 heteroatoms. The lowest BCUT2D eigenvalue weighted by Gasteiger charge is -2.20. The zero-order valence-electron chi connectivity index (χ0n) is 14.7. The van der Waals surface area contributed by atoms with Gasteiger partial charge in [-0.2, -0.15) is 0 Å². The van der Waals surface area contributed by atoms with Crippen molar-refractivity contribution >= 4 is 40.8 Å². The average molecular weight is 428 g/mol. The lowest BCUT2D eigenvalue weighted by molar-refractivity contribution is 0.481. The highest BCUT2D eigenvalue weighted by molar-refractivity contribution is 14.0. The van der Waals surface area contributed by atoms with E-state index in [0.717, 1.165) is 18.9 Å². The number of aromatic amines is 1. The quantitative estimate of drug-likeness (QED) is 0.385. The molecule has 4 nitrogen and oxygen atoms in total. The molecule has 2 aromatic rings. The molecule has 1 aromatic heterocycles. The summed E-state index contributed by atoms with van der Waals surface area (Å²) in [5.41, 5.74) is 3.85. The highest BCUT2D eigenvalue weighted by Gasteiger charge is 2.10. The van der Waals surface area contributed by atoms with Gasteiger partial charge in [-0.25, -0.2) is 0 Å². The van der Waals surface area contributed by atoms with Crippen LogP contribution in [-0.4, -0.2) is 30.6 Å². The van der Waals surface area contributed by atoms with Crippen molar-refractivity contribution in [3.63, 3.8) is 0 Å². The lowest BCUT2D eigenvalue weighted by atomic mass is 10.1. The van der Waals surface area contributed by atoms with Gasteiger partial charge in [0, 0.05) is 36.2 Å². The van der Waals surface area contributed by atoms with Gasteiger partial charge in [-0.15, -0.1) is 24.0 Å². The fourth-order valence-corrected chi connectivity index (χ4v) is 2.54. The van der Waals surface area contributed by atoms with Crippen molar-refractivity contribution in [1.82, 2.24) is 15.6 Å². The minimum Gasteiger partial charge on any atom is -0.358 e. The van der Waals surface area contributed by atoms with Crippen molar-refractivity contribution in [2.24, 2.45) is 10.9 Å². The Morgan fingerprint density at radius 1 is 1.22 bits per heavy atom. The Bertz CT molecular complexity index is 646. The molecule has 1 unspecified atom stereocenters. The van der Waals surface area contributed by atoms with Crippen LogP contribution in [0.5, 0.6) is 0 Å². The molecule has 2 rings (SSSR count). The van der Waals surface area contributed by atoms with Crippen LogP contribution in [0.3, 0.4) is 0 Å². The molecule has 1 heterocycles. The van der Waals surface area contributed by atoms with Gasteiger partial charge in [-0.3, -0.25) is 4.99 Å². The van der Waals surface area contributed by atoms with E-state index in [2.05, 4.69) is 72.6 Å². The Morgan fingerprint density at radius 2 is 1.91 bits per heavy atom. The third-order valence-electron chi connectivity index (χ3n) is 4.28. The summed E-state index contributed by atoms with van der Waals surface area (Å²) in [6.45, 7) is 9.61. The normalized spacial score (nSPS) is 13.0. The maximum absolute atomic E-state index is 4.30. The van der Waals surface area contributed by atoms with Crippen LogP contribution >= 0.6 is 24.0 Å². The predicted octanol–water partition coefficient (Wildman–Crippen LogP) is 3.85. The molecule has 128 valence electrons. The first kappa shape index (κ1) is 19.8. The number of aliphatic imine (C=N–C) groups is 1. The van der Waals surface area contributed by atoms with Gasteiger partial charge in [0.15, 0.2) is 5.96 Å². The van der Waals surface area contributed by atoms with Crippen molar-refractivity contribution in [1.29, 1.82) is 0 Å². The zero-order valence-corrected chi connectivity index (χ0v) is 17.1. The average Bonchev–Trinajstić information content (AvgIpc) is 2.81. The number of fused-ring (bicyclic) bond motifs is 1. The monoisotopic (exact) mass is 428 g/mol. The van der Waals surface area contributed by atoms with Crippen LogP contribution in [0.25, 0.3) is 10.9 Å². The number of nitrogens with zero attached hydrogens (tertiary/aromatic N) is 1. The first-order chi connectivity index (χ1) is 10.5. The molecule has 0 radical (unpaired) electrons. The van der Waals surface area contributed by atoms with E-state index in [4.69, 9.17) is 0 Å². The number of guanidine groups is 1. The van der Waals surface area contributed by atoms with Gasteiger partial charge in [0.2, 0.25) is 0 Å². The Balaban J connectivity index is 0.00000264. The maximum atomic E-state index is 4.30. The molecule has 23 heavy (non-hydrogen) atoms. The summed E-state index contributed by atoms with van der Waals surface area (Å²) >= 11 is 0. The summed E-state index contributed by atoms with van der Waals surface area (Å²) < 4.78 is 0. The van der Waals surface area contributed by atoms with Crippen LogP contribution in [0.2, 0.25) is 0 Å². The number of para-hydroxylation sites is 1. The van der Waals surface area contributed by atoms with Gasteiger partial charge < -0.3 is 15.6 Å². The van der Waals surface area contributed by atoms with Crippen molar-refractivity contribution in [3.8, 4) is 0 Å². The number of aromatic nitrogens is 1. The highest BCUT2D eigenvalue weighted by Crippen LogP contribution is 2.21. The van der Waals surface area contributed by atoms with Crippen LogP contribution in [-0.2, 0) is 6.42 Å². The van der Waals surface area contributed by atoms with Gasteiger partial charge in [-0.05, 0) is 37.8 Å². The molecule has 0 aliphatic carbocycles. The van der Waals surface area contributed by atoms with E-state index in [-0.39, 0.29) is 24.0 Å². The predicted molar refractivity (Wildman–Crippen MR) is 111 cm³/mol. The number of hydrogen-bond acceptors (Lipinski definition) is 1. The smallest absolute Gasteiger partial charge is 0.191 e. The number of nitrogens with one attached hydrogen (secondary N) is 3. The molecule has 3 N–H and O–H groups in total. The second kappa shape index (κ2) is 9.15. The number of H-pyrrole nitrogens is 1. The number of halogens is 1. The first-order valence-electron chi connectivity index (χ1n) is 8.06. The summed E-state index contributed by atoms with van der Waals surface area (Å²) in [6, 6.07) is 8.88. The Hall–Kier alpha value is -1.24. The minimum atomic E-state index is 0. The molecule has 1 aromatic carbocycles. The third-order valence-corrected chi connectivity index (χ3v) is 4.28. The molecule has 0 saturated heterocycles. The Morgan fingerprint density at radius 3 is 2.57 bits per heavy atom. The fourth-order valence-electron chi connectivity index (χ4n) is 2.54. The second-order valence-electron chi connectivity index (χ2n) is 6.20. The number of rotatable bonds is 5. The van der Waals surface area contributed by atoms with Crippen molar-refractivity contribution < 1.29 is 0 Å². The van der Waals surface area contributed by atoms with E-state index in [1.807, 2.05) is 7.05 Å². The van der Waals surface area contributed by atoms with E-state index in [1.165, 1.54) is 22.2 Å². The summed E-state index contributed by atoms with van der Waals surface area (Å²) in [6.07, 6.45) is 0.979. The summed E-state index contributed by atoms with van der Waals surface area (Å²) in [7, 11) is 1.82. The highest BCUT2D eigenvalue weighted by atomic mass is 127. The van der Waals surface area contributed by atoms with Crippen molar-refractivity contribution in [3.05, 3.63) is 35.5 Å². The molecule has 0 amide bonds. The number of hydrogen-bond donors (Lipinski definition) is 3. The van der Waals surface area contributed by atoms with E-state index in [1.54, 1.807) is 0 Å². The van der Waals surface area contributed by atoms with Gasteiger partial charge in [0.1, 0.15) is 0 Å². The van der Waals surface area contributed by atoms with Crippen LogP contribution < -0.4 is 10.6 Å². The molecular weight excluding hydrogens is 399 g/mol. The molecule has 0 bridgehead atoms. The van der Waals surface area contributed by atoms with Crippen LogP contribution in [0.1, 0.15) is 32.0 Å². The second-order valence-corrected chi connectivity index (χ2v) is 6.20. The largest absolute Gasteiger partial charge is 0.358 e. The number of aryl methyl sites for hydroxylation is 1. The van der Waals surface area contributed by atoms with E-state index >= 15 is 0 Å². The Labute approximate surface area is 156 Å². The van der Waals surface area contributed by atoms with E-state index < -0.39 is 0 Å². The van der Waals surface area contributed by atoms with Gasteiger partial charge in [-0.1, -0.05) is 32.0 Å². The summed E-state index contributed by atoms with van der Waals surface area (Å²) in [5.74, 6) is 1.45. The summed E-state index contributed by atoms with van der Waals surface area (Å²) in [5, 5.41) is 8.16. The van der Waals surface area contributed by atoms with Crippen molar-refractivity contribution in [2.45, 2.75) is 40.2 Å². The molecule has 0 saturated carbocycles. The van der Waals surface area contributed by atoms with Gasteiger partial charge in [0.05, 0.1) is 0 Å². The fraction of sp³-hybridized carbons (Fsp3) is 0.500. The van der Waals surface area contributed by atoms with Crippen molar-refractivity contribution in [2.75, 3.05) is 13.6 Å². The molecule has 0 fully saturated rings.